The average molecular weight is 341 g/mol. The third-order valence-electron chi connectivity index (χ3n) is 4.99. The molecule has 7 heteroatoms. The lowest BCUT2D eigenvalue weighted by atomic mass is 9.95. The summed E-state index contributed by atoms with van der Waals surface area (Å²) >= 11 is 0. The summed E-state index contributed by atoms with van der Waals surface area (Å²) in [4.78, 5) is 9.82. The van der Waals surface area contributed by atoms with Gasteiger partial charge in [0, 0.05) is 23.8 Å². The number of ether oxygens (including phenoxy) is 2. The number of fused-ring (bicyclic) bond motifs is 1. The fourth-order valence-corrected chi connectivity index (χ4v) is 3.83. The van der Waals surface area contributed by atoms with E-state index in [9.17, 15) is 8.78 Å². The zero-order valence-electron chi connectivity index (χ0n) is 14.3. The highest BCUT2D eigenvalue weighted by Gasteiger charge is 2.49. The van der Waals surface area contributed by atoms with Gasteiger partial charge in [-0.05, 0) is 46.1 Å². The monoisotopic (exact) mass is 341 g/mol. The van der Waals surface area contributed by atoms with Gasteiger partial charge >= 0.3 is 0 Å². The third kappa shape index (κ3) is 3.67. The molecule has 2 saturated heterocycles. The third-order valence-corrected chi connectivity index (χ3v) is 4.99. The predicted octanol–water partition coefficient (Wildman–Crippen LogP) is 3.22. The van der Waals surface area contributed by atoms with Gasteiger partial charge in [-0.15, -0.1) is 0 Å². The van der Waals surface area contributed by atoms with Gasteiger partial charge < -0.3 is 9.47 Å². The van der Waals surface area contributed by atoms with Crippen molar-refractivity contribution in [1.82, 2.24) is 14.9 Å². The summed E-state index contributed by atoms with van der Waals surface area (Å²) in [6, 6.07) is 1.81. The quantitative estimate of drug-likeness (QED) is 0.762. The Morgan fingerprint density at radius 1 is 1.38 bits per heavy atom. The Balaban J connectivity index is 1.59. The first-order valence-electron chi connectivity index (χ1n) is 8.62. The largest absolute Gasteiger partial charge is 0.476 e. The molecule has 1 aromatic heterocycles. The zero-order valence-corrected chi connectivity index (χ0v) is 14.3. The molecule has 0 aliphatic carbocycles. The maximum absolute atomic E-state index is 12.7. The number of nitrogens with zero attached hydrogens (tertiary/aromatic N) is 3. The molecular formula is C17H25F2N3O2. The Kier molecular flexibility index (Phi) is 5.30. The first kappa shape index (κ1) is 17.5. The molecule has 134 valence electrons. The smallest absolute Gasteiger partial charge is 0.297 e. The topological polar surface area (TPSA) is 47.5 Å². The van der Waals surface area contributed by atoms with E-state index in [1.807, 2.05) is 0 Å². The zero-order chi connectivity index (χ0) is 17.2. The van der Waals surface area contributed by atoms with E-state index in [0.29, 0.717) is 6.61 Å². The minimum Gasteiger partial charge on any atom is -0.476 e. The fourth-order valence-electron chi connectivity index (χ4n) is 3.83. The molecule has 2 fully saturated rings. The van der Waals surface area contributed by atoms with Gasteiger partial charge in [-0.3, -0.25) is 4.90 Å². The van der Waals surface area contributed by atoms with Crippen molar-refractivity contribution >= 4 is 0 Å². The number of aromatic nitrogens is 2. The van der Waals surface area contributed by atoms with Crippen LogP contribution < -0.4 is 4.74 Å². The summed E-state index contributed by atoms with van der Waals surface area (Å²) in [6.45, 7) is 6.37. The SMILES string of the molecule is CC(C)OCC12CCCN1C(COc1ccnc(C(F)F)n1)CC2. The lowest BCUT2D eigenvalue weighted by molar-refractivity contribution is -0.00915. The average Bonchev–Trinajstić information content (AvgIpc) is 3.11. The number of alkyl halides is 2. The van der Waals surface area contributed by atoms with Crippen molar-refractivity contribution in [3.63, 3.8) is 0 Å². The highest BCUT2D eigenvalue weighted by Crippen LogP contribution is 2.42. The van der Waals surface area contributed by atoms with Crippen molar-refractivity contribution in [2.45, 2.75) is 63.6 Å². The molecule has 0 spiro atoms. The first-order valence-corrected chi connectivity index (χ1v) is 8.62. The molecule has 3 rings (SSSR count). The highest BCUT2D eigenvalue weighted by molar-refractivity contribution is 5.10. The summed E-state index contributed by atoms with van der Waals surface area (Å²) < 4.78 is 36.9. The number of hydrogen-bond acceptors (Lipinski definition) is 5. The molecule has 2 aliphatic rings. The number of rotatable bonds is 7. The summed E-state index contributed by atoms with van der Waals surface area (Å²) in [7, 11) is 0. The lowest BCUT2D eigenvalue weighted by Crippen LogP contribution is -2.47. The van der Waals surface area contributed by atoms with E-state index in [1.54, 1.807) is 0 Å². The lowest BCUT2D eigenvalue weighted by Gasteiger charge is -2.35. The van der Waals surface area contributed by atoms with Crippen molar-refractivity contribution in [3.8, 4) is 5.88 Å². The van der Waals surface area contributed by atoms with E-state index in [1.165, 1.54) is 18.7 Å². The van der Waals surface area contributed by atoms with Gasteiger partial charge in [-0.1, -0.05) is 0 Å². The van der Waals surface area contributed by atoms with E-state index in [2.05, 4.69) is 28.7 Å². The van der Waals surface area contributed by atoms with Crippen LogP contribution in [0, 0.1) is 0 Å². The Morgan fingerprint density at radius 3 is 2.96 bits per heavy atom. The van der Waals surface area contributed by atoms with Crippen LogP contribution in [0.5, 0.6) is 5.88 Å². The van der Waals surface area contributed by atoms with Gasteiger partial charge in [0.15, 0.2) is 5.82 Å². The van der Waals surface area contributed by atoms with Crippen LogP contribution in [-0.2, 0) is 4.74 Å². The molecule has 5 nitrogen and oxygen atoms in total. The van der Waals surface area contributed by atoms with Crippen LogP contribution in [0.25, 0.3) is 0 Å². The molecule has 24 heavy (non-hydrogen) atoms. The van der Waals surface area contributed by atoms with E-state index < -0.39 is 12.2 Å². The van der Waals surface area contributed by atoms with Crippen LogP contribution in [-0.4, -0.2) is 52.3 Å². The normalized spacial score (nSPS) is 27.2. The predicted molar refractivity (Wildman–Crippen MR) is 85.3 cm³/mol. The maximum atomic E-state index is 12.7. The van der Waals surface area contributed by atoms with Gasteiger partial charge in [0.05, 0.1) is 12.7 Å². The van der Waals surface area contributed by atoms with Crippen molar-refractivity contribution < 1.29 is 18.3 Å². The second kappa shape index (κ2) is 7.27. The fraction of sp³-hybridized carbons (Fsp3) is 0.765. The number of halogens is 2. The molecule has 2 unspecified atom stereocenters. The molecule has 3 heterocycles. The summed E-state index contributed by atoms with van der Waals surface area (Å²) in [5, 5.41) is 0. The molecule has 2 aliphatic heterocycles. The summed E-state index contributed by atoms with van der Waals surface area (Å²) in [5.41, 5.74) is 0.123. The second-order valence-corrected chi connectivity index (χ2v) is 6.94. The molecule has 0 N–H and O–H groups in total. The first-order chi connectivity index (χ1) is 11.5. The van der Waals surface area contributed by atoms with Crippen molar-refractivity contribution in [2.75, 3.05) is 19.8 Å². The minimum absolute atomic E-state index is 0.123. The van der Waals surface area contributed by atoms with Crippen LogP contribution in [0.2, 0.25) is 0 Å². The maximum Gasteiger partial charge on any atom is 0.297 e. The van der Waals surface area contributed by atoms with Gasteiger partial charge in [0.25, 0.3) is 6.43 Å². The second-order valence-electron chi connectivity index (χ2n) is 6.94. The van der Waals surface area contributed by atoms with Crippen LogP contribution >= 0.6 is 0 Å². The molecule has 0 bridgehead atoms. The molecule has 0 saturated carbocycles. The van der Waals surface area contributed by atoms with E-state index >= 15 is 0 Å². The van der Waals surface area contributed by atoms with E-state index in [4.69, 9.17) is 9.47 Å². The highest BCUT2D eigenvalue weighted by atomic mass is 19.3. The standard InChI is InChI=1S/C17H25F2N3O2/c1-12(2)24-11-17-6-3-9-22(17)13(4-7-17)10-23-14-5-8-20-16(21-14)15(18)19/h5,8,12-13,15H,3-4,6-7,9-11H2,1-2H3. The van der Waals surface area contributed by atoms with E-state index in [0.717, 1.165) is 32.4 Å². The minimum atomic E-state index is -2.68. The molecular weight excluding hydrogens is 316 g/mol. The van der Waals surface area contributed by atoms with Crippen molar-refractivity contribution in [2.24, 2.45) is 0 Å². The van der Waals surface area contributed by atoms with Crippen molar-refractivity contribution in [1.29, 1.82) is 0 Å². The molecule has 0 aromatic carbocycles. The van der Waals surface area contributed by atoms with Gasteiger partial charge in [0.1, 0.15) is 6.61 Å². The Bertz CT molecular complexity index is 558. The van der Waals surface area contributed by atoms with Crippen LogP contribution in [0.4, 0.5) is 8.78 Å². The van der Waals surface area contributed by atoms with Crippen molar-refractivity contribution in [3.05, 3.63) is 18.1 Å². The summed E-state index contributed by atoms with van der Waals surface area (Å²) in [6.07, 6.45) is 3.31. The Labute approximate surface area is 141 Å². The van der Waals surface area contributed by atoms with Gasteiger partial charge in [-0.2, -0.15) is 4.98 Å². The Morgan fingerprint density at radius 2 is 2.21 bits per heavy atom. The molecule has 0 radical (unpaired) electrons. The van der Waals surface area contributed by atoms with Crippen LogP contribution in [0.1, 0.15) is 51.8 Å². The van der Waals surface area contributed by atoms with Crippen LogP contribution in [0.3, 0.4) is 0 Å². The summed E-state index contributed by atoms with van der Waals surface area (Å²) in [5.74, 6) is -0.268. The molecule has 1 aromatic rings. The van der Waals surface area contributed by atoms with Gasteiger partial charge in [-0.25, -0.2) is 13.8 Å². The van der Waals surface area contributed by atoms with Gasteiger partial charge in [0.2, 0.25) is 5.88 Å². The molecule has 0 amide bonds. The van der Waals surface area contributed by atoms with E-state index in [-0.39, 0.29) is 23.6 Å². The van der Waals surface area contributed by atoms with Crippen LogP contribution in [0.15, 0.2) is 12.3 Å². The Hall–Kier alpha value is -1.34. The molecule has 2 atom stereocenters. The number of hydrogen-bond donors (Lipinski definition) is 0.